The number of carbonyl (C=O) groups excluding carboxylic acids is 2. The van der Waals surface area contributed by atoms with E-state index in [2.05, 4.69) is 10.3 Å². The van der Waals surface area contributed by atoms with Crippen molar-refractivity contribution in [3.8, 4) is 0 Å². The maximum atomic E-state index is 12.6. The first kappa shape index (κ1) is 17.9. The van der Waals surface area contributed by atoms with E-state index >= 15 is 0 Å². The van der Waals surface area contributed by atoms with Crippen molar-refractivity contribution >= 4 is 28.3 Å². The molecule has 1 aliphatic rings. The Labute approximate surface area is 141 Å². The maximum Gasteiger partial charge on any atom is 0.245 e. The zero-order valence-electron chi connectivity index (χ0n) is 14.2. The molecule has 6 nitrogen and oxygen atoms in total. The molecule has 23 heavy (non-hydrogen) atoms. The number of thiazole rings is 1. The van der Waals surface area contributed by atoms with Crippen molar-refractivity contribution < 1.29 is 14.3 Å². The molecule has 0 radical (unpaired) electrons. The van der Waals surface area contributed by atoms with Crippen molar-refractivity contribution in [2.45, 2.75) is 46.6 Å². The van der Waals surface area contributed by atoms with Gasteiger partial charge in [-0.25, -0.2) is 4.98 Å². The van der Waals surface area contributed by atoms with Crippen LogP contribution in [0, 0.1) is 12.3 Å². The number of nitrogens with one attached hydrogen (secondary N) is 1. The molecule has 0 bridgehead atoms. The molecule has 1 N–H and O–H groups in total. The SMILES string of the molecule is Cc1csc(NC(=O)CN(CC2CCCO2)C(=O)C(C)(C)C)n1. The summed E-state index contributed by atoms with van der Waals surface area (Å²) in [7, 11) is 0. The van der Waals surface area contributed by atoms with Gasteiger partial charge in [0.2, 0.25) is 11.8 Å². The van der Waals surface area contributed by atoms with Gasteiger partial charge in [-0.15, -0.1) is 11.3 Å². The summed E-state index contributed by atoms with van der Waals surface area (Å²) in [4.78, 5) is 30.7. The Bertz CT molecular complexity index is 559. The summed E-state index contributed by atoms with van der Waals surface area (Å²) < 4.78 is 5.61. The number of nitrogens with zero attached hydrogens (tertiary/aromatic N) is 2. The fraction of sp³-hybridized carbons (Fsp3) is 0.688. The van der Waals surface area contributed by atoms with Crippen molar-refractivity contribution in [3.63, 3.8) is 0 Å². The Morgan fingerprint density at radius 1 is 1.48 bits per heavy atom. The lowest BCUT2D eigenvalue weighted by molar-refractivity contribution is -0.143. The fourth-order valence-electron chi connectivity index (χ4n) is 2.47. The van der Waals surface area contributed by atoms with Crippen molar-refractivity contribution in [2.24, 2.45) is 5.41 Å². The van der Waals surface area contributed by atoms with Crippen LogP contribution in [0.2, 0.25) is 0 Å². The number of aromatic nitrogens is 1. The fourth-order valence-corrected chi connectivity index (χ4v) is 3.18. The summed E-state index contributed by atoms with van der Waals surface area (Å²) in [5.41, 5.74) is 0.337. The van der Waals surface area contributed by atoms with Crippen LogP contribution in [0.4, 0.5) is 5.13 Å². The molecule has 0 saturated carbocycles. The standard InChI is InChI=1S/C16H25N3O3S/c1-11-10-23-15(17-11)18-13(20)9-19(14(21)16(2,3)4)8-12-6-5-7-22-12/h10,12H,5-9H2,1-4H3,(H,17,18,20). The predicted octanol–water partition coefficient (Wildman–Crippen LogP) is 2.44. The Morgan fingerprint density at radius 3 is 2.74 bits per heavy atom. The second kappa shape index (κ2) is 7.40. The zero-order chi connectivity index (χ0) is 17.0. The third kappa shape index (κ3) is 5.28. The molecule has 1 atom stereocenters. The molecule has 0 aromatic carbocycles. The first-order chi connectivity index (χ1) is 10.8. The largest absolute Gasteiger partial charge is 0.376 e. The molecule has 1 unspecified atom stereocenters. The summed E-state index contributed by atoms with van der Waals surface area (Å²) in [5.74, 6) is -0.270. The average molecular weight is 339 g/mol. The number of carbonyl (C=O) groups is 2. The molecule has 7 heteroatoms. The average Bonchev–Trinajstić information content (AvgIpc) is 3.08. The third-order valence-corrected chi connectivity index (χ3v) is 4.45. The van der Waals surface area contributed by atoms with Gasteiger partial charge in [0.15, 0.2) is 5.13 Å². The quantitative estimate of drug-likeness (QED) is 0.894. The predicted molar refractivity (Wildman–Crippen MR) is 90.5 cm³/mol. The number of hydrogen-bond acceptors (Lipinski definition) is 5. The monoisotopic (exact) mass is 339 g/mol. The van der Waals surface area contributed by atoms with Crippen LogP contribution in [-0.4, -0.2) is 47.5 Å². The van der Waals surface area contributed by atoms with Crippen LogP contribution < -0.4 is 5.32 Å². The van der Waals surface area contributed by atoms with Crippen LogP contribution in [0.3, 0.4) is 0 Å². The van der Waals surface area contributed by atoms with Crippen molar-refractivity contribution in [1.82, 2.24) is 9.88 Å². The van der Waals surface area contributed by atoms with Gasteiger partial charge in [0, 0.05) is 23.9 Å². The lowest BCUT2D eigenvalue weighted by Gasteiger charge is -2.30. The molecule has 128 valence electrons. The molecule has 0 spiro atoms. The summed E-state index contributed by atoms with van der Waals surface area (Å²) in [6.07, 6.45) is 1.96. The minimum atomic E-state index is -0.531. The van der Waals surface area contributed by atoms with E-state index < -0.39 is 5.41 Å². The summed E-state index contributed by atoms with van der Waals surface area (Å²) in [6, 6.07) is 0. The van der Waals surface area contributed by atoms with Gasteiger partial charge in [0.05, 0.1) is 11.8 Å². The topological polar surface area (TPSA) is 71.5 Å². The highest BCUT2D eigenvalue weighted by molar-refractivity contribution is 7.13. The van der Waals surface area contributed by atoms with E-state index in [4.69, 9.17) is 4.74 Å². The molecule has 2 amide bonds. The van der Waals surface area contributed by atoms with E-state index in [0.717, 1.165) is 25.1 Å². The zero-order valence-corrected chi connectivity index (χ0v) is 15.0. The van der Waals surface area contributed by atoms with Crippen molar-refractivity contribution in [1.29, 1.82) is 0 Å². The molecular formula is C16H25N3O3S. The van der Waals surface area contributed by atoms with Gasteiger partial charge in [-0.2, -0.15) is 0 Å². The number of rotatable bonds is 5. The Balaban J connectivity index is 2.00. The highest BCUT2D eigenvalue weighted by Crippen LogP contribution is 2.21. The molecule has 1 aromatic heterocycles. The minimum Gasteiger partial charge on any atom is -0.376 e. The summed E-state index contributed by atoms with van der Waals surface area (Å²) in [6.45, 7) is 8.67. The number of ether oxygens (including phenoxy) is 1. The molecule has 1 aromatic rings. The lowest BCUT2D eigenvalue weighted by atomic mass is 9.94. The molecule has 1 aliphatic heterocycles. The normalized spacial score (nSPS) is 18.0. The van der Waals surface area contributed by atoms with Gasteiger partial charge in [-0.3, -0.25) is 9.59 Å². The molecule has 1 saturated heterocycles. The van der Waals surface area contributed by atoms with Crippen LogP contribution in [0.5, 0.6) is 0 Å². The molecule has 2 rings (SSSR count). The highest BCUT2D eigenvalue weighted by atomic mass is 32.1. The second-order valence-electron chi connectivity index (χ2n) is 6.91. The van der Waals surface area contributed by atoms with Crippen LogP contribution in [-0.2, 0) is 14.3 Å². The Hall–Kier alpha value is -1.47. The van der Waals surface area contributed by atoms with Gasteiger partial charge in [-0.05, 0) is 19.8 Å². The Kier molecular flexibility index (Phi) is 5.75. The van der Waals surface area contributed by atoms with Crippen molar-refractivity contribution in [3.05, 3.63) is 11.1 Å². The number of anilines is 1. The van der Waals surface area contributed by atoms with E-state index in [0.29, 0.717) is 11.7 Å². The van der Waals surface area contributed by atoms with E-state index in [1.807, 2.05) is 33.1 Å². The maximum absolute atomic E-state index is 12.6. The smallest absolute Gasteiger partial charge is 0.245 e. The number of hydrogen-bond donors (Lipinski definition) is 1. The minimum absolute atomic E-state index is 0.0224. The first-order valence-electron chi connectivity index (χ1n) is 7.88. The molecule has 1 fully saturated rings. The molecular weight excluding hydrogens is 314 g/mol. The van der Waals surface area contributed by atoms with E-state index in [1.54, 1.807) is 4.90 Å². The van der Waals surface area contributed by atoms with Crippen LogP contribution in [0.25, 0.3) is 0 Å². The first-order valence-corrected chi connectivity index (χ1v) is 8.76. The number of aryl methyl sites for hydroxylation is 1. The lowest BCUT2D eigenvalue weighted by Crippen LogP contribution is -2.46. The van der Waals surface area contributed by atoms with Gasteiger partial charge in [0.25, 0.3) is 0 Å². The van der Waals surface area contributed by atoms with E-state index in [1.165, 1.54) is 11.3 Å². The summed E-state index contributed by atoms with van der Waals surface area (Å²) in [5, 5.41) is 5.20. The highest BCUT2D eigenvalue weighted by Gasteiger charge is 2.31. The van der Waals surface area contributed by atoms with Crippen LogP contribution >= 0.6 is 11.3 Å². The van der Waals surface area contributed by atoms with Crippen LogP contribution in [0.1, 0.15) is 39.3 Å². The summed E-state index contributed by atoms with van der Waals surface area (Å²) >= 11 is 1.38. The third-order valence-electron chi connectivity index (χ3n) is 3.58. The van der Waals surface area contributed by atoms with E-state index in [-0.39, 0.29) is 24.5 Å². The molecule has 0 aliphatic carbocycles. The van der Waals surface area contributed by atoms with E-state index in [9.17, 15) is 9.59 Å². The van der Waals surface area contributed by atoms with Gasteiger partial charge in [0.1, 0.15) is 6.54 Å². The van der Waals surface area contributed by atoms with Gasteiger partial charge in [-0.1, -0.05) is 20.8 Å². The van der Waals surface area contributed by atoms with Crippen molar-refractivity contribution in [2.75, 3.05) is 25.0 Å². The Morgan fingerprint density at radius 2 is 2.22 bits per heavy atom. The van der Waals surface area contributed by atoms with Gasteiger partial charge < -0.3 is 15.0 Å². The van der Waals surface area contributed by atoms with Gasteiger partial charge >= 0.3 is 0 Å². The second-order valence-corrected chi connectivity index (χ2v) is 7.77. The molecule has 2 heterocycles. The number of amides is 2. The van der Waals surface area contributed by atoms with Crippen LogP contribution in [0.15, 0.2) is 5.38 Å².